The number of benzene rings is 5. The van der Waals surface area contributed by atoms with E-state index in [0.29, 0.717) is 32.4 Å². The van der Waals surface area contributed by atoms with Gasteiger partial charge in [-0.3, -0.25) is 4.57 Å². The maximum Gasteiger partial charge on any atom is 0.330 e. The molecule has 0 fully saturated rings. The van der Waals surface area contributed by atoms with E-state index in [4.69, 9.17) is 28.0 Å². The maximum absolute atomic E-state index is 12.8. The summed E-state index contributed by atoms with van der Waals surface area (Å²) in [5.41, 5.74) is 5.86. The van der Waals surface area contributed by atoms with E-state index >= 15 is 0 Å². The number of ether oxygens (including phenoxy) is 4. The Labute approximate surface area is 295 Å². The van der Waals surface area contributed by atoms with E-state index in [1.807, 2.05) is 111 Å². The summed E-state index contributed by atoms with van der Waals surface area (Å²) in [4.78, 5) is 4.37. The van der Waals surface area contributed by atoms with Gasteiger partial charge in [0.05, 0.1) is 47.3 Å². The molecule has 0 aliphatic rings. The summed E-state index contributed by atoms with van der Waals surface area (Å²) in [6.07, 6.45) is 0.857. The highest BCUT2D eigenvalue weighted by Gasteiger charge is 2.23. The molecule has 0 saturated heterocycles. The van der Waals surface area contributed by atoms with Gasteiger partial charge in [0.2, 0.25) is 0 Å². The molecular formula is C40H45N2O7P. The fraction of sp³-hybridized carbons (Fsp3) is 0.250. The first-order chi connectivity index (χ1) is 24.4. The van der Waals surface area contributed by atoms with Crippen molar-refractivity contribution in [2.24, 2.45) is 0 Å². The lowest BCUT2D eigenvalue weighted by Gasteiger charge is -2.28. The average Bonchev–Trinajstić information content (AvgIpc) is 3.16. The highest BCUT2D eigenvalue weighted by molar-refractivity contribution is 7.53. The second kappa shape index (κ2) is 17.6. The van der Waals surface area contributed by atoms with Crippen molar-refractivity contribution in [2.45, 2.75) is 20.3 Å². The van der Waals surface area contributed by atoms with Crippen LogP contribution in [0, 0.1) is 0 Å². The van der Waals surface area contributed by atoms with Crippen molar-refractivity contribution in [1.29, 1.82) is 0 Å². The molecule has 0 atom stereocenters. The van der Waals surface area contributed by atoms with Gasteiger partial charge in [0.1, 0.15) is 23.0 Å². The fourth-order valence-corrected chi connectivity index (χ4v) is 7.17. The summed E-state index contributed by atoms with van der Waals surface area (Å²) in [5.74, 6) is 3.08. The maximum atomic E-state index is 12.8. The standard InChI is InChI=1S/C40H45N2O7P/c1-6-48-50(43,49-7-2)30-8-29-47-40-27-19-36(20-28-40)42(35-17-25-39(46-5)26-18-35)32-11-9-31(10-12-32)41(33-13-21-37(44-3)22-14-33)34-15-23-38(45-4)24-16-34/h9-28H,6-8,29-30H2,1-5H3. The molecule has 0 bridgehead atoms. The molecule has 0 heterocycles. The number of methoxy groups -OCH3 is 3. The zero-order valence-corrected chi connectivity index (χ0v) is 30.2. The molecule has 0 amide bonds. The van der Waals surface area contributed by atoms with Gasteiger partial charge in [0, 0.05) is 34.1 Å². The lowest BCUT2D eigenvalue weighted by molar-refractivity contribution is 0.216. The number of rotatable bonds is 18. The molecule has 50 heavy (non-hydrogen) atoms. The van der Waals surface area contributed by atoms with E-state index in [9.17, 15) is 4.57 Å². The second-order valence-electron chi connectivity index (χ2n) is 11.1. The molecular weight excluding hydrogens is 651 g/mol. The van der Waals surface area contributed by atoms with Crippen LogP contribution in [-0.4, -0.2) is 47.3 Å². The topological polar surface area (TPSA) is 78.9 Å². The minimum absolute atomic E-state index is 0.308. The monoisotopic (exact) mass is 696 g/mol. The van der Waals surface area contributed by atoms with Gasteiger partial charge >= 0.3 is 7.60 Å². The van der Waals surface area contributed by atoms with Gasteiger partial charge in [-0.2, -0.15) is 0 Å². The normalized spacial score (nSPS) is 11.1. The SMILES string of the molecule is CCOP(=O)(CCCOc1ccc(N(c2ccc(OC)cc2)c2ccc(N(c3ccc(OC)cc3)c3ccc(OC)cc3)cc2)cc1)OCC. The molecule has 0 unspecified atom stereocenters. The van der Waals surface area contributed by atoms with Crippen LogP contribution in [0.25, 0.3) is 0 Å². The van der Waals surface area contributed by atoms with E-state index in [1.165, 1.54) is 0 Å². The van der Waals surface area contributed by atoms with Crippen LogP contribution in [0.5, 0.6) is 23.0 Å². The minimum Gasteiger partial charge on any atom is -0.497 e. The summed E-state index contributed by atoms with van der Waals surface area (Å²) >= 11 is 0. The molecule has 262 valence electrons. The smallest absolute Gasteiger partial charge is 0.330 e. The van der Waals surface area contributed by atoms with Crippen LogP contribution < -0.4 is 28.7 Å². The Bertz CT molecular complexity index is 1740. The number of hydrogen-bond acceptors (Lipinski definition) is 9. The Kier molecular flexibility index (Phi) is 12.8. The van der Waals surface area contributed by atoms with Crippen molar-refractivity contribution < 1.29 is 32.6 Å². The van der Waals surface area contributed by atoms with Gasteiger partial charge in [-0.25, -0.2) is 0 Å². The zero-order chi connectivity index (χ0) is 35.3. The molecule has 9 nitrogen and oxygen atoms in total. The third kappa shape index (κ3) is 9.18. The number of hydrogen-bond donors (Lipinski definition) is 0. The van der Waals surface area contributed by atoms with Crippen LogP contribution in [0.2, 0.25) is 0 Å². The highest BCUT2D eigenvalue weighted by Crippen LogP contribution is 2.48. The molecule has 5 aromatic rings. The van der Waals surface area contributed by atoms with Crippen LogP contribution in [0.1, 0.15) is 20.3 Å². The fourth-order valence-electron chi connectivity index (χ4n) is 5.54. The van der Waals surface area contributed by atoms with Crippen molar-refractivity contribution in [3.05, 3.63) is 121 Å². The largest absolute Gasteiger partial charge is 0.497 e. The first-order valence-electron chi connectivity index (χ1n) is 16.6. The van der Waals surface area contributed by atoms with E-state index in [1.54, 1.807) is 21.3 Å². The Balaban J connectivity index is 1.41. The third-order valence-corrected chi connectivity index (χ3v) is 10.1. The van der Waals surface area contributed by atoms with Gasteiger partial charge < -0.3 is 37.8 Å². The summed E-state index contributed by atoms with van der Waals surface area (Å²) in [5, 5.41) is 0. The van der Waals surface area contributed by atoms with Gasteiger partial charge in [-0.15, -0.1) is 0 Å². The average molecular weight is 697 g/mol. The van der Waals surface area contributed by atoms with Crippen molar-refractivity contribution >= 4 is 41.7 Å². The predicted octanol–water partition coefficient (Wildman–Crippen LogP) is 10.7. The number of nitrogens with zero attached hydrogens (tertiary/aromatic N) is 2. The first kappa shape index (κ1) is 36.3. The summed E-state index contributed by atoms with van der Waals surface area (Å²) < 4.78 is 45.8. The van der Waals surface area contributed by atoms with Crippen LogP contribution in [0.4, 0.5) is 34.1 Å². The highest BCUT2D eigenvalue weighted by atomic mass is 31.2. The minimum atomic E-state index is -3.10. The third-order valence-electron chi connectivity index (χ3n) is 7.95. The molecule has 0 aliphatic heterocycles. The quantitative estimate of drug-likeness (QED) is 0.0657. The lowest BCUT2D eigenvalue weighted by Crippen LogP contribution is -2.12. The van der Waals surface area contributed by atoms with Crippen molar-refractivity contribution in [2.75, 3.05) is 57.1 Å². The van der Waals surface area contributed by atoms with Crippen LogP contribution >= 0.6 is 7.60 Å². The zero-order valence-electron chi connectivity index (χ0n) is 29.3. The Morgan fingerprint density at radius 1 is 0.460 bits per heavy atom. The second-order valence-corrected chi connectivity index (χ2v) is 13.3. The Morgan fingerprint density at radius 3 is 1.02 bits per heavy atom. The molecule has 0 N–H and O–H groups in total. The molecule has 0 radical (unpaired) electrons. The van der Waals surface area contributed by atoms with E-state index < -0.39 is 7.60 Å². The van der Waals surface area contributed by atoms with Crippen LogP contribution in [0.15, 0.2) is 121 Å². The molecule has 5 aromatic carbocycles. The van der Waals surface area contributed by atoms with E-state index in [2.05, 4.69) is 34.1 Å². The van der Waals surface area contributed by atoms with Gasteiger partial charge in [-0.05, 0) is 142 Å². The Hall–Kier alpha value is -4.95. The predicted molar refractivity (Wildman–Crippen MR) is 201 cm³/mol. The molecule has 10 heteroatoms. The lowest BCUT2D eigenvalue weighted by atomic mass is 10.1. The molecule has 0 saturated carbocycles. The van der Waals surface area contributed by atoms with Gasteiger partial charge in [0.15, 0.2) is 0 Å². The van der Waals surface area contributed by atoms with Crippen molar-refractivity contribution in [3.8, 4) is 23.0 Å². The van der Waals surface area contributed by atoms with Crippen molar-refractivity contribution in [3.63, 3.8) is 0 Å². The van der Waals surface area contributed by atoms with Gasteiger partial charge in [0.25, 0.3) is 0 Å². The van der Waals surface area contributed by atoms with Crippen LogP contribution in [0.3, 0.4) is 0 Å². The molecule has 0 spiro atoms. The van der Waals surface area contributed by atoms with E-state index in [0.717, 1.165) is 57.1 Å². The summed E-state index contributed by atoms with van der Waals surface area (Å²) in [6.45, 7) is 4.71. The van der Waals surface area contributed by atoms with Gasteiger partial charge in [-0.1, -0.05) is 0 Å². The first-order valence-corrected chi connectivity index (χ1v) is 18.4. The molecule has 0 aromatic heterocycles. The van der Waals surface area contributed by atoms with Crippen molar-refractivity contribution in [1.82, 2.24) is 0 Å². The summed E-state index contributed by atoms with van der Waals surface area (Å²) in [6, 6.07) is 40.4. The van der Waals surface area contributed by atoms with Crippen LogP contribution in [-0.2, 0) is 13.6 Å². The number of anilines is 6. The molecule has 5 rings (SSSR count). The summed E-state index contributed by atoms with van der Waals surface area (Å²) in [7, 11) is 1.89. The molecule has 0 aliphatic carbocycles. The Morgan fingerprint density at radius 2 is 0.740 bits per heavy atom. The van der Waals surface area contributed by atoms with E-state index in [-0.39, 0.29) is 0 Å².